The normalized spacial score (nSPS) is 30.0. The highest BCUT2D eigenvalue weighted by molar-refractivity contribution is 7.90. The molecule has 1 amide bonds. The van der Waals surface area contributed by atoms with Crippen molar-refractivity contribution >= 4 is 33.2 Å². The predicted octanol–water partition coefficient (Wildman–Crippen LogP) is 5.49. The Kier molecular flexibility index (Phi) is 9.58. The fourth-order valence-electron chi connectivity index (χ4n) is 8.26. The SMILES string of the molecule is CC1(C)OCC=C[C@H](OCCN2CCCC2)[C@@H]2CC[C@H]2CN2C[C@@]3(CCCc4cc(Cl)ccc43)COc3ccc(cc32)S(=O)(=O)NC1=O. The van der Waals surface area contributed by atoms with Gasteiger partial charge in [-0.15, -0.1) is 0 Å². The molecule has 1 spiro atoms. The number of hydrogen-bond donors (Lipinski definition) is 1. The largest absolute Gasteiger partial charge is 0.490 e. The molecule has 4 atom stereocenters. The highest BCUT2D eigenvalue weighted by atomic mass is 35.5. The lowest BCUT2D eigenvalue weighted by Gasteiger charge is -2.46. The summed E-state index contributed by atoms with van der Waals surface area (Å²) in [6, 6.07) is 11.1. The summed E-state index contributed by atoms with van der Waals surface area (Å²) in [7, 11) is -4.18. The van der Waals surface area contributed by atoms with Gasteiger partial charge in [0.05, 0.1) is 36.5 Å². The van der Waals surface area contributed by atoms with Gasteiger partial charge in [-0.3, -0.25) is 4.79 Å². The van der Waals surface area contributed by atoms with Gasteiger partial charge < -0.3 is 24.0 Å². The molecule has 9 nitrogen and oxygen atoms in total. The molecule has 260 valence electrons. The third-order valence-corrected chi connectivity index (χ3v) is 12.8. The number of benzene rings is 2. The number of anilines is 1. The molecule has 0 unspecified atom stereocenters. The quantitative estimate of drug-likeness (QED) is 0.419. The smallest absolute Gasteiger partial charge is 0.265 e. The van der Waals surface area contributed by atoms with Gasteiger partial charge >= 0.3 is 0 Å². The number of sulfonamides is 1. The lowest BCUT2D eigenvalue weighted by atomic mass is 9.68. The number of carbonyl (C=O) groups is 1. The van der Waals surface area contributed by atoms with Crippen LogP contribution in [0.25, 0.3) is 0 Å². The first-order valence-corrected chi connectivity index (χ1v) is 19.4. The van der Waals surface area contributed by atoms with Crippen molar-refractivity contribution in [2.45, 2.75) is 80.8 Å². The van der Waals surface area contributed by atoms with Gasteiger partial charge in [0, 0.05) is 30.1 Å². The maximum absolute atomic E-state index is 13.6. The van der Waals surface area contributed by atoms with Crippen LogP contribution in [0.4, 0.5) is 5.69 Å². The van der Waals surface area contributed by atoms with Gasteiger partial charge in [0.2, 0.25) is 0 Å². The Hall–Kier alpha value is -2.63. The molecule has 2 fully saturated rings. The fourth-order valence-corrected chi connectivity index (χ4v) is 9.58. The molecule has 2 aliphatic carbocycles. The number of amides is 1. The number of aryl methyl sites for hydroxylation is 1. The first kappa shape index (κ1) is 33.8. The molecule has 2 aromatic rings. The second-order valence-electron chi connectivity index (χ2n) is 14.8. The lowest BCUT2D eigenvalue weighted by molar-refractivity contribution is -0.139. The van der Waals surface area contributed by atoms with E-state index in [0.717, 1.165) is 69.0 Å². The Labute approximate surface area is 290 Å². The number of nitrogens with zero attached hydrogens (tertiary/aromatic N) is 2. The molecule has 3 heterocycles. The van der Waals surface area contributed by atoms with Crippen LogP contribution >= 0.6 is 11.6 Å². The minimum atomic E-state index is -4.18. The number of likely N-dealkylation sites (tertiary alicyclic amines) is 1. The van der Waals surface area contributed by atoms with E-state index in [1.165, 1.54) is 30.0 Å². The number of fused-ring (bicyclic) bond motifs is 4. The highest BCUT2D eigenvalue weighted by Crippen LogP contribution is 2.47. The van der Waals surface area contributed by atoms with Crippen LogP contribution in [-0.2, 0) is 36.1 Å². The maximum Gasteiger partial charge on any atom is 0.265 e. The first-order valence-electron chi connectivity index (χ1n) is 17.6. The highest BCUT2D eigenvalue weighted by Gasteiger charge is 2.45. The third-order valence-electron chi connectivity index (χ3n) is 11.2. The molecule has 1 N–H and O–H groups in total. The van der Waals surface area contributed by atoms with Crippen molar-refractivity contribution in [2.24, 2.45) is 11.8 Å². The molecule has 1 saturated carbocycles. The van der Waals surface area contributed by atoms with Gasteiger partial charge in [-0.25, -0.2) is 13.1 Å². The van der Waals surface area contributed by atoms with E-state index >= 15 is 0 Å². The Balaban J connectivity index is 1.25. The van der Waals surface area contributed by atoms with Crippen molar-refractivity contribution in [3.05, 3.63) is 64.7 Å². The zero-order chi connectivity index (χ0) is 33.5. The zero-order valence-corrected chi connectivity index (χ0v) is 29.7. The van der Waals surface area contributed by atoms with Crippen molar-refractivity contribution in [2.75, 3.05) is 57.4 Å². The van der Waals surface area contributed by atoms with E-state index < -0.39 is 21.5 Å². The van der Waals surface area contributed by atoms with Crippen molar-refractivity contribution < 1.29 is 27.4 Å². The zero-order valence-electron chi connectivity index (χ0n) is 28.1. The standard InChI is InChI=1S/C37H48ClN3O6S/c1-36(2)35(42)39-48(43,44)29-11-14-34-32(22-29)41(24-37(25-46-34)15-5-7-26-21-28(38)10-13-31(26)37)23-27-9-12-30(27)33(8-6-19-47-36)45-20-18-40-16-3-4-17-40/h6,8,10-11,13-14,21-22,27,30,33H,3-5,7,9,12,15-20,23-25H2,1-2H3,(H,39,42)/t27-,30+,33-,37-/m0/s1. The molecule has 1 saturated heterocycles. The van der Waals surface area contributed by atoms with E-state index in [2.05, 4.69) is 32.7 Å². The van der Waals surface area contributed by atoms with Crippen molar-refractivity contribution in [3.63, 3.8) is 0 Å². The van der Waals surface area contributed by atoms with Crippen LogP contribution in [0.3, 0.4) is 0 Å². The van der Waals surface area contributed by atoms with Crippen molar-refractivity contribution in [3.8, 4) is 5.75 Å². The molecule has 5 aliphatic rings. The summed E-state index contributed by atoms with van der Waals surface area (Å²) in [5.41, 5.74) is 1.60. The molecule has 11 heteroatoms. The summed E-state index contributed by atoms with van der Waals surface area (Å²) >= 11 is 6.45. The Morgan fingerprint density at radius 1 is 1.08 bits per heavy atom. The van der Waals surface area contributed by atoms with E-state index in [1.54, 1.807) is 26.0 Å². The lowest BCUT2D eigenvalue weighted by Crippen LogP contribution is -2.50. The summed E-state index contributed by atoms with van der Waals surface area (Å²) in [5, 5.41) is 0.736. The number of hydrogen-bond acceptors (Lipinski definition) is 8. The topological polar surface area (TPSA) is 97.4 Å². The Bertz CT molecular complexity index is 1660. The van der Waals surface area contributed by atoms with Crippen molar-refractivity contribution in [1.29, 1.82) is 0 Å². The molecule has 48 heavy (non-hydrogen) atoms. The molecular formula is C37H48ClN3O6S. The van der Waals surface area contributed by atoms with E-state index in [1.807, 2.05) is 12.1 Å². The van der Waals surface area contributed by atoms with E-state index in [0.29, 0.717) is 37.3 Å². The fraction of sp³-hybridized carbons (Fsp3) is 0.595. The van der Waals surface area contributed by atoms with Crippen molar-refractivity contribution in [1.82, 2.24) is 9.62 Å². The number of ether oxygens (including phenoxy) is 3. The van der Waals surface area contributed by atoms with E-state index in [4.69, 9.17) is 25.8 Å². The van der Waals surface area contributed by atoms with Crippen LogP contribution in [0.15, 0.2) is 53.4 Å². The molecule has 2 bridgehead atoms. The predicted molar refractivity (Wildman–Crippen MR) is 186 cm³/mol. The average molecular weight is 698 g/mol. The van der Waals surface area contributed by atoms with Gasteiger partial charge in [0.25, 0.3) is 15.9 Å². The van der Waals surface area contributed by atoms with Crippen LogP contribution in [-0.4, -0.2) is 83.5 Å². The van der Waals surface area contributed by atoms with Gasteiger partial charge in [0.15, 0.2) is 0 Å². The summed E-state index contributed by atoms with van der Waals surface area (Å²) in [4.78, 5) is 18.1. The van der Waals surface area contributed by atoms with Crippen LogP contribution in [0, 0.1) is 11.8 Å². The second-order valence-corrected chi connectivity index (χ2v) is 16.9. The van der Waals surface area contributed by atoms with Gasteiger partial charge in [-0.2, -0.15) is 0 Å². The second kappa shape index (κ2) is 13.6. The first-order chi connectivity index (χ1) is 23.0. The maximum atomic E-state index is 13.6. The Morgan fingerprint density at radius 3 is 2.71 bits per heavy atom. The third kappa shape index (κ3) is 6.88. The summed E-state index contributed by atoms with van der Waals surface area (Å²) in [6.07, 6.45) is 11.5. The summed E-state index contributed by atoms with van der Waals surface area (Å²) < 4.78 is 48.7. The number of rotatable bonds is 4. The number of carbonyl (C=O) groups excluding carboxylic acids is 1. The van der Waals surface area contributed by atoms with Gasteiger partial charge in [-0.1, -0.05) is 29.8 Å². The summed E-state index contributed by atoms with van der Waals surface area (Å²) in [5.74, 6) is 0.571. The van der Waals surface area contributed by atoms with Gasteiger partial charge in [0.1, 0.15) is 11.4 Å². The van der Waals surface area contributed by atoms with Gasteiger partial charge in [-0.05, 0) is 125 Å². The monoisotopic (exact) mass is 697 g/mol. The average Bonchev–Trinajstić information content (AvgIpc) is 3.51. The number of halogens is 1. The minimum absolute atomic E-state index is 0.0195. The van der Waals surface area contributed by atoms with E-state index in [9.17, 15) is 13.2 Å². The summed E-state index contributed by atoms with van der Waals surface area (Å²) in [6.45, 7) is 9.09. The van der Waals surface area contributed by atoms with E-state index in [-0.39, 0.29) is 23.0 Å². The number of nitrogens with one attached hydrogen (secondary N) is 1. The molecular weight excluding hydrogens is 650 g/mol. The molecule has 0 aromatic heterocycles. The Morgan fingerprint density at radius 2 is 1.92 bits per heavy atom. The minimum Gasteiger partial charge on any atom is -0.490 e. The molecule has 2 aromatic carbocycles. The van der Waals surface area contributed by atoms with Crippen LogP contribution in [0.5, 0.6) is 5.75 Å². The molecule has 7 rings (SSSR count). The molecule has 3 aliphatic heterocycles. The van der Waals surface area contributed by atoms with Crippen LogP contribution in [0.2, 0.25) is 5.02 Å². The van der Waals surface area contributed by atoms with Crippen LogP contribution in [0.1, 0.15) is 63.5 Å². The van der Waals surface area contributed by atoms with Crippen LogP contribution < -0.4 is 14.4 Å². The molecule has 0 radical (unpaired) electrons.